The second-order valence-electron chi connectivity index (χ2n) is 3.82. The molecule has 17 heavy (non-hydrogen) atoms. The molecule has 0 unspecified atom stereocenters. The number of benzene rings is 1. The Balaban J connectivity index is 2.41. The molecule has 0 aliphatic carbocycles. The summed E-state index contributed by atoms with van der Waals surface area (Å²) in [5.41, 5.74) is 0.786. The first kappa shape index (κ1) is 12.5. The van der Waals surface area contributed by atoms with Gasteiger partial charge in [-0.2, -0.15) is 8.42 Å². The summed E-state index contributed by atoms with van der Waals surface area (Å²) in [6.45, 7) is 2.11. The molecule has 0 bridgehead atoms. The summed E-state index contributed by atoms with van der Waals surface area (Å²) in [6, 6.07) is 4.48. The second kappa shape index (κ2) is 4.72. The summed E-state index contributed by atoms with van der Waals surface area (Å²) in [7, 11) is -4.12. The Morgan fingerprint density at radius 3 is 2.82 bits per heavy atom. The van der Waals surface area contributed by atoms with Gasteiger partial charge in [0.2, 0.25) is 0 Å². The summed E-state index contributed by atoms with van der Waals surface area (Å²) in [5, 5.41) is 1.01. The first-order chi connectivity index (χ1) is 8.00. The monoisotopic (exact) mass is 271 g/mol. The van der Waals surface area contributed by atoms with Crippen molar-refractivity contribution in [1.29, 1.82) is 0 Å². The van der Waals surface area contributed by atoms with E-state index in [9.17, 15) is 8.42 Å². The minimum atomic E-state index is -4.12. The molecule has 6 heteroatoms. The molecule has 1 N–H and O–H groups in total. The van der Waals surface area contributed by atoms with E-state index in [0.29, 0.717) is 0 Å². The lowest BCUT2D eigenvalue weighted by Gasteiger charge is -1.94. The van der Waals surface area contributed by atoms with Crippen molar-refractivity contribution in [2.75, 3.05) is 0 Å². The van der Waals surface area contributed by atoms with Crippen LogP contribution >= 0.6 is 11.3 Å². The molecule has 2 aromatic rings. The van der Waals surface area contributed by atoms with Crippen molar-refractivity contribution >= 4 is 31.7 Å². The lowest BCUT2D eigenvalue weighted by molar-refractivity contribution is 0.483. The molecular weight excluding hydrogens is 258 g/mol. The fourth-order valence-electron chi connectivity index (χ4n) is 1.55. The summed E-state index contributed by atoms with van der Waals surface area (Å²) < 4.78 is 31.7. The molecule has 92 valence electrons. The molecule has 0 fully saturated rings. The quantitative estimate of drug-likeness (QED) is 0.868. The fraction of sp³-hybridized carbons (Fsp3) is 0.364. The third-order valence-electron chi connectivity index (χ3n) is 2.45. The van der Waals surface area contributed by atoms with E-state index >= 15 is 0 Å². The molecular formula is C11H13NO3S2. The van der Waals surface area contributed by atoms with Crippen LogP contribution in [0.2, 0.25) is 0 Å². The molecule has 4 nitrogen and oxygen atoms in total. The van der Waals surface area contributed by atoms with Crippen LogP contribution < -0.4 is 0 Å². The van der Waals surface area contributed by atoms with Crippen LogP contribution in [0.15, 0.2) is 23.1 Å². The molecule has 1 aromatic heterocycles. The average Bonchev–Trinajstić information content (AvgIpc) is 2.66. The molecule has 0 aliphatic heterocycles. The Labute approximate surface area is 104 Å². The summed E-state index contributed by atoms with van der Waals surface area (Å²) in [5.74, 6) is 0. The number of aromatic nitrogens is 1. The number of aryl methyl sites for hydroxylation is 1. The predicted octanol–water partition coefficient (Wildman–Crippen LogP) is 2.89. The zero-order valence-corrected chi connectivity index (χ0v) is 11.0. The van der Waals surface area contributed by atoms with Gasteiger partial charge in [-0.1, -0.05) is 13.3 Å². The Hall–Kier alpha value is -0.980. The molecule has 0 radical (unpaired) electrons. The van der Waals surface area contributed by atoms with E-state index in [1.165, 1.54) is 23.5 Å². The number of rotatable bonds is 4. The summed E-state index contributed by atoms with van der Waals surface area (Å²) in [4.78, 5) is 4.34. The topological polar surface area (TPSA) is 67.3 Å². The van der Waals surface area contributed by atoms with Crippen molar-refractivity contribution < 1.29 is 13.0 Å². The number of fused-ring (bicyclic) bond motifs is 1. The van der Waals surface area contributed by atoms with Gasteiger partial charge in [0.1, 0.15) is 0 Å². The SMILES string of the molecule is CCCCc1nc2ccc(S(=O)(=O)O)cc2s1. The van der Waals surface area contributed by atoms with Gasteiger partial charge in [0, 0.05) is 0 Å². The Bertz CT molecular complexity index is 631. The summed E-state index contributed by atoms with van der Waals surface area (Å²) in [6.07, 6.45) is 3.09. The number of nitrogens with zero attached hydrogens (tertiary/aromatic N) is 1. The van der Waals surface area contributed by atoms with Gasteiger partial charge in [0.25, 0.3) is 10.1 Å². The van der Waals surface area contributed by atoms with Gasteiger partial charge in [-0.25, -0.2) is 4.98 Å². The van der Waals surface area contributed by atoms with Gasteiger partial charge in [-0.15, -0.1) is 11.3 Å². The Morgan fingerprint density at radius 2 is 2.18 bits per heavy atom. The largest absolute Gasteiger partial charge is 0.294 e. The highest BCUT2D eigenvalue weighted by Gasteiger charge is 2.12. The number of unbranched alkanes of at least 4 members (excludes halogenated alkanes) is 1. The van der Waals surface area contributed by atoms with Crippen LogP contribution in [0.5, 0.6) is 0 Å². The number of hydrogen-bond acceptors (Lipinski definition) is 4. The second-order valence-corrected chi connectivity index (χ2v) is 6.35. The number of thiazole rings is 1. The Morgan fingerprint density at radius 1 is 1.41 bits per heavy atom. The molecule has 0 atom stereocenters. The maximum atomic E-state index is 11.0. The molecule has 1 aromatic carbocycles. The minimum Gasteiger partial charge on any atom is -0.282 e. The molecule has 0 saturated heterocycles. The maximum Gasteiger partial charge on any atom is 0.294 e. The van der Waals surface area contributed by atoms with E-state index in [1.807, 2.05) is 0 Å². The van der Waals surface area contributed by atoms with Crippen LogP contribution in [0.3, 0.4) is 0 Å². The van der Waals surface area contributed by atoms with Crippen LogP contribution in [-0.2, 0) is 16.5 Å². The van der Waals surface area contributed by atoms with E-state index in [0.717, 1.165) is 34.5 Å². The summed E-state index contributed by atoms with van der Waals surface area (Å²) >= 11 is 1.48. The fourth-order valence-corrected chi connectivity index (χ4v) is 3.18. The van der Waals surface area contributed by atoms with Crippen molar-refractivity contribution in [2.45, 2.75) is 31.1 Å². The Kier molecular flexibility index (Phi) is 3.46. The highest BCUT2D eigenvalue weighted by Crippen LogP contribution is 2.25. The van der Waals surface area contributed by atoms with E-state index in [1.54, 1.807) is 6.07 Å². The highest BCUT2D eigenvalue weighted by molar-refractivity contribution is 7.85. The lowest BCUT2D eigenvalue weighted by atomic mass is 10.3. The van der Waals surface area contributed by atoms with E-state index < -0.39 is 10.1 Å². The van der Waals surface area contributed by atoms with E-state index in [2.05, 4.69) is 11.9 Å². The molecule has 0 saturated carbocycles. The average molecular weight is 271 g/mol. The molecule has 1 heterocycles. The standard InChI is InChI=1S/C11H13NO3S2/c1-2-3-4-11-12-9-6-5-8(17(13,14)15)7-10(9)16-11/h5-7H,2-4H2,1H3,(H,13,14,15). The van der Waals surface area contributed by atoms with Gasteiger partial charge in [0.15, 0.2) is 0 Å². The van der Waals surface area contributed by atoms with Crippen molar-refractivity contribution in [3.05, 3.63) is 23.2 Å². The van der Waals surface area contributed by atoms with Gasteiger partial charge in [0.05, 0.1) is 20.1 Å². The predicted molar refractivity (Wildman–Crippen MR) is 68.0 cm³/mol. The van der Waals surface area contributed by atoms with Crippen molar-refractivity contribution in [2.24, 2.45) is 0 Å². The van der Waals surface area contributed by atoms with Crippen LogP contribution in [0.1, 0.15) is 24.8 Å². The number of hydrogen-bond donors (Lipinski definition) is 1. The first-order valence-corrected chi connectivity index (χ1v) is 7.63. The minimum absolute atomic E-state index is 0.0734. The van der Waals surface area contributed by atoms with Gasteiger partial charge < -0.3 is 0 Å². The van der Waals surface area contributed by atoms with Crippen LogP contribution in [0.4, 0.5) is 0 Å². The maximum absolute atomic E-state index is 11.0. The zero-order chi connectivity index (χ0) is 12.5. The smallest absolute Gasteiger partial charge is 0.282 e. The van der Waals surface area contributed by atoms with E-state index in [4.69, 9.17) is 4.55 Å². The van der Waals surface area contributed by atoms with Gasteiger partial charge >= 0.3 is 0 Å². The van der Waals surface area contributed by atoms with Crippen molar-refractivity contribution in [1.82, 2.24) is 4.98 Å². The molecule has 0 amide bonds. The van der Waals surface area contributed by atoms with Crippen LogP contribution in [0, 0.1) is 0 Å². The molecule has 2 rings (SSSR count). The molecule has 0 aliphatic rings. The van der Waals surface area contributed by atoms with Crippen molar-refractivity contribution in [3.8, 4) is 0 Å². The van der Waals surface area contributed by atoms with Crippen LogP contribution in [0.25, 0.3) is 10.2 Å². The first-order valence-electron chi connectivity index (χ1n) is 5.37. The molecule has 0 spiro atoms. The highest BCUT2D eigenvalue weighted by atomic mass is 32.2. The normalized spacial score (nSPS) is 12.1. The van der Waals surface area contributed by atoms with Crippen LogP contribution in [-0.4, -0.2) is 18.0 Å². The third-order valence-corrected chi connectivity index (χ3v) is 4.37. The van der Waals surface area contributed by atoms with Crippen molar-refractivity contribution in [3.63, 3.8) is 0 Å². The lowest BCUT2D eigenvalue weighted by Crippen LogP contribution is -1.96. The van der Waals surface area contributed by atoms with E-state index in [-0.39, 0.29) is 4.90 Å². The van der Waals surface area contributed by atoms with Gasteiger partial charge in [-0.05, 0) is 31.0 Å². The van der Waals surface area contributed by atoms with Gasteiger partial charge in [-0.3, -0.25) is 4.55 Å². The zero-order valence-electron chi connectivity index (χ0n) is 9.38. The third kappa shape index (κ3) is 2.83.